The smallest absolute Gasteiger partial charge is 0.336 e. The van der Waals surface area contributed by atoms with Crippen LogP contribution in [0, 0.1) is 0 Å². The van der Waals surface area contributed by atoms with Gasteiger partial charge >= 0.3 is 5.97 Å². The van der Waals surface area contributed by atoms with Crippen molar-refractivity contribution in [1.82, 2.24) is 0 Å². The van der Waals surface area contributed by atoms with Gasteiger partial charge in [-0.25, -0.2) is 4.79 Å². The summed E-state index contributed by atoms with van der Waals surface area (Å²) in [5.74, 6) is 0.0898. The van der Waals surface area contributed by atoms with Crippen molar-refractivity contribution in [2.75, 3.05) is 5.75 Å². The van der Waals surface area contributed by atoms with E-state index in [0.717, 1.165) is 17.1 Å². The molecular formula is C16H13BrO2S2. The second-order valence-electron chi connectivity index (χ2n) is 4.81. The first-order valence-electron chi connectivity index (χ1n) is 6.53. The lowest BCUT2D eigenvalue weighted by Crippen LogP contribution is -2.04. The number of rotatable bonds is 4. The van der Waals surface area contributed by atoms with Crippen molar-refractivity contribution in [2.24, 2.45) is 0 Å². The fourth-order valence-electron chi connectivity index (χ4n) is 2.29. The van der Waals surface area contributed by atoms with Crippen molar-refractivity contribution in [3.63, 3.8) is 0 Å². The second-order valence-corrected chi connectivity index (χ2v) is 8.10. The Bertz CT molecular complexity index is 663. The first-order chi connectivity index (χ1) is 10.1. The van der Waals surface area contributed by atoms with Crippen LogP contribution < -0.4 is 0 Å². The van der Waals surface area contributed by atoms with Gasteiger partial charge in [0.25, 0.3) is 0 Å². The Morgan fingerprint density at radius 2 is 2.14 bits per heavy atom. The molecule has 2 nitrogen and oxygen atoms in total. The van der Waals surface area contributed by atoms with E-state index in [9.17, 15) is 4.79 Å². The number of hydrogen-bond donors (Lipinski definition) is 1. The highest BCUT2D eigenvalue weighted by Gasteiger charge is 2.21. The normalized spacial score (nSPS) is 16.7. The van der Waals surface area contributed by atoms with Crippen LogP contribution in [-0.4, -0.2) is 22.1 Å². The fourth-order valence-corrected chi connectivity index (χ4v) is 5.13. The summed E-state index contributed by atoms with van der Waals surface area (Å²) in [6.45, 7) is 0. The Morgan fingerprint density at radius 3 is 2.90 bits per heavy atom. The van der Waals surface area contributed by atoms with E-state index in [2.05, 4.69) is 40.2 Å². The average molecular weight is 381 g/mol. The topological polar surface area (TPSA) is 37.3 Å². The standard InChI is InChI=1S/C16H13BrO2S2/c17-14-6-5-11(8-13(14)16(18)19)20-9-12-7-10-3-1-2-4-15(10)21-12/h1-6,8,12H,7,9H2,(H,18,19). The number of thioether (sulfide) groups is 2. The Morgan fingerprint density at radius 1 is 1.33 bits per heavy atom. The van der Waals surface area contributed by atoms with Gasteiger partial charge in [-0.2, -0.15) is 0 Å². The predicted molar refractivity (Wildman–Crippen MR) is 91.6 cm³/mol. The molecule has 1 heterocycles. The van der Waals surface area contributed by atoms with Gasteiger partial charge in [0.2, 0.25) is 0 Å². The lowest BCUT2D eigenvalue weighted by molar-refractivity contribution is 0.0695. The number of halogens is 1. The molecule has 0 saturated carbocycles. The molecule has 0 saturated heterocycles. The highest BCUT2D eigenvalue weighted by atomic mass is 79.9. The van der Waals surface area contributed by atoms with Crippen LogP contribution in [0.1, 0.15) is 15.9 Å². The molecule has 0 fully saturated rings. The van der Waals surface area contributed by atoms with E-state index in [0.29, 0.717) is 15.3 Å². The Labute approximate surface area is 140 Å². The van der Waals surface area contributed by atoms with Gasteiger partial charge < -0.3 is 5.11 Å². The maximum atomic E-state index is 11.1. The van der Waals surface area contributed by atoms with Crippen LogP contribution >= 0.6 is 39.5 Å². The van der Waals surface area contributed by atoms with Gasteiger partial charge in [0.15, 0.2) is 0 Å². The molecule has 3 rings (SSSR count). The molecule has 2 aromatic carbocycles. The summed E-state index contributed by atoms with van der Waals surface area (Å²) in [6.07, 6.45) is 1.09. The van der Waals surface area contributed by atoms with Crippen LogP contribution in [0.5, 0.6) is 0 Å². The summed E-state index contributed by atoms with van der Waals surface area (Å²) in [7, 11) is 0. The largest absolute Gasteiger partial charge is 0.478 e. The third-order valence-electron chi connectivity index (χ3n) is 3.32. The van der Waals surface area contributed by atoms with Crippen molar-refractivity contribution in [3.05, 3.63) is 58.1 Å². The van der Waals surface area contributed by atoms with Gasteiger partial charge in [0.05, 0.1) is 5.56 Å². The molecule has 0 amide bonds. The summed E-state index contributed by atoms with van der Waals surface area (Å²) in [5.41, 5.74) is 1.75. The Hall–Kier alpha value is -0.910. The number of carboxylic acids is 1. The predicted octanol–water partition coefficient (Wildman–Crippen LogP) is 4.96. The number of carboxylic acid groups (broad SMARTS) is 1. The van der Waals surface area contributed by atoms with E-state index in [1.807, 2.05) is 23.9 Å². The highest BCUT2D eigenvalue weighted by molar-refractivity contribution is 9.10. The number of aromatic carboxylic acids is 1. The zero-order chi connectivity index (χ0) is 14.8. The first-order valence-corrected chi connectivity index (χ1v) is 9.19. The molecule has 0 spiro atoms. The number of benzene rings is 2. The van der Waals surface area contributed by atoms with E-state index >= 15 is 0 Å². The Balaban J connectivity index is 1.64. The lowest BCUT2D eigenvalue weighted by atomic mass is 10.1. The van der Waals surface area contributed by atoms with Crippen molar-refractivity contribution >= 4 is 45.4 Å². The Kier molecular flexibility index (Phi) is 4.62. The molecule has 0 radical (unpaired) electrons. The molecule has 108 valence electrons. The summed E-state index contributed by atoms with van der Waals surface area (Å²) in [6, 6.07) is 14.0. The van der Waals surface area contributed by atoms with Gasteiger partial charge in [0.1, 0.15) is 0 Å². The van der Waals surface area contributed by atoms with E-state index in [-0.39, 0.29) is 0 Å². The lowest BCUT2D eigenvalue weighted by Gasteiger charge is -2.09. The van der Waals surface area contributed by atoms with Gasteiger partial charge in [0, 0.05) is 25.3 Å². The van der Waals surface area contributed by atoms with Crippen LogP contribution in [0.15, 0.2) is 56.7 Å². The molecule has 0 aliphatic carbocycles. The molecule has 0 aromatic heterocycles. The van der Waals surface area contributed by atoms with Crippen molar-refractivity contribution in [2.45, 2.75) is 21.5 Å². The summed E-state index contributed by atoms with van der Waals surface area (Å²) >= 11 is 6.92. The van der Waals surface area contributed by atoms with Crippen LogP contribution in [0.4, 0.5) is 0 Å². The molecule has 1 N–H and O–H groups in total. The minimum atomic E-state index is -0.896. The molecular weight excluding hydrogens is 368 g/mol. The molecule has 1 unspecified atom stereocenters. The van der Waals surface area contributed by atoms with E-state index in [1.165, 1.54) is 10.5 Å². The minimum Gasteiger partial charge on any atom is -0.478 e. The zero-order valence-corrected chi connectivity index (χ0v) is 14.3. The van der Waals surface area contributed by atoms with Crippen LogP contribution in [-0.2, 0) is 6.42 Å². The molecule has 2 aromatic rings. The van der Waals surface area contributed by atoms with Crippen molar-refractivity contribution in [3.8, 4) is 0 Å². The third kappa shape index (κ3) is 3.47. The van der Waals surface area contributed by atoms with E-state index in [1.54, 1.807) is 17.8 Å². The number of hydrogen-bond acceptors (Lipinski definition) is 3. The third-order valence-corrected chi connectivity index (χ3v) is 6.70. The molecule has 5 heteroatoms. The van der Waals surface area contributed by atoms with Gasteiger partial charge in [-0.15, -0.1) is 23.5 Å². The van der Waals surface area contributed by atoms with Gasteiger partial charge in [-0.05, 0) is 52.2 Å². The molecule has 1 atom stereocenters. The molecule has 0 bridgehead atoms. The first kappa shape index (κ1) is 15.0. The van der Waals surface area contributed by atoms with E-state index < -0.39 is 5.97 Å². The van der Waals surface area contributed by atoms with Crippen LogP contribution in [0.2, 0.25) is 0 Å². The number of fused-ring (bicyclic) bond motifs is 1. The van der Waals surface area contributed by atoms with Crippen LogP contribution in [0.3, 0.4) is 0 Å². The average Bonchev–Trinajstić information content (AvgIpc) is 2.89. The molecule has 21 heavy (non-hydrogen) atoms. The van der Waals surface area contributed by atoms with Crippen molar-refractivity contribution < 1.29 is 9.90 Å². The quantitative estimate of drug-likeness (QED) is 0.760. The fraction of sp³-hybridized carbons (Fsp3) is 0.188. The summed E-state index contributed by atoms with van der Waals surface area (Å²) in [4.78, 5) is 13.5. The minimum absolute atomic E-state index is 0.322. The molecule has 1 aliphatic heterocycles. The van der Waals surface area contributed by atoms with Crippen LogP contribution in [0.25, 0.3) is 0 Å². The summed E-state index contributed by atoms with van der Waals surface area (Å²) in [5, 5.41) is 9.70. The maximum absolute atomic E-state index is 11.1. The van der Waals surface area contributed by atoms with Gasteiger partial charge in [-0.3, -0.25) is 0 Å². The van der Waals surface area contributed by atoms with E-state index in [4.69, 9.17) is 5.11 Å². The van der Waals surface area contributed by atoms with Crippen molar-refractivity contribution in [1.29, 1.82) is 0 Å². The second kappa shape index (κ2) is 6.46. The SMILES string of the molecule is O=C(O)c1cc(SCC2Cc3ccccc3S2)ccc1Br. The summed E-state index contributed by atoms with van der Waals surface area (Å²) < 4.78 is 0.627. The van der Waals surface area contributed by atoms with Gasteiger partial charge in [-0.1, -0.05) is 18.2 Å². The maximum Gasteiger partial charge on any atom is 0.336 e. The number of carbonyl (C=O) groups is 1. The monoisotopic (exact) mass is 380 g/mol. The molecule has 1 aliphatic rings. The zero-order valence-electron chi connectivity index (χ0n) is 11.1. The highest BCUT2D eigenvalue weighted by Crippen LogP contribution is 2.39.